The molecule has 1 saturated carbocycles. The molecule has 1 aliphatic carbocycles. The first-order valence-corrected chi connectivity index (χ1v) is 8.25. The van der Waals surface area contributed by atoms with Gasteiger partial charge in [-0.25, -0.2) is 0 Å². The van der Waals surface area contributed by atoms with E-state index in [4.69, 9.17) is 0 Å². The zero-order valence-electron chi connectivity index (χ0n) is 13.4. The van der Waals surface area contributed by atoms with Gasteiger partial charge in [-0.1, -0.05) is 6.42 Å². The van der Waals surface area contributed by atoms with E-state index in [0.717, 1.165) is 58.3 Å². The summed E-state index contributed by atoms with van der Waals surface area (Å²) >= 11 is 0. The lowest BCUT2D eigenvalue weighted by molar-refractivity contribution is -0.194. The first-order valence-electron chi connectivity index (χ1n) is 8.25. The van der Waals surface area contributed by atoms with E-state index in [1.807, 2.05) is 0 Å². The molecule has 2 fully saturated rings. The van der Waals surface area contributed by atoms with E-state index in [1.54, 1.807) is 0 Å². The van der Waals surface area contributed by atoms with Crippen LogP contribution in [-0.4, -0.2) is 56.3 Å². The van der Waals surface area contributed by atoms with Crippen LogP contribution in [0, 0.1) is 11.3 Å². The maximum Gasteiger partial charge on any atom is 0.391 e. The highest BCUT2D eigenvalue weighted by atomic mass is 19.4. The molecule has 2 nitrogen and oxygen atoms in total. The molecule has 2 rings (SSSR count). The predicted molar refractivity (Wildman–Crippen MR) is 79.3 cm³/mol. The van der Waals surface area contributed by atoms with Gasteiger partial charge in [0.15, 0.2) is 0 Å². The van der Waals surface area contributed by atoms with Gasteiger partial charge in [0.25, 0.3) is 0 Å². The number of likely N-dealkylation sites (tertiary alicyclic amines) is 1. The van der Waals surface area contributed by atoms with Crippen molar-refractivity contribution in [3.05, 3.63) is 0 Å². The average molecular weight is 306 g/mol. The summed E-state index contributed by atoms with van der Waals surface area (Å²) in [7, 11) is 4.15. The first-order chi connectivity index (χ1) is 9.81. The van der Waals surface area contributed by atoms with Crippen LogP contribution in [0.15, 0.2) is 0 Å². The van der Waals surface area contributed by atoms with E-state index < -0.39 is 12.1 Å². The number of hydrogen-bond acceptors (Lipinski definition) is 2. The van der Waals surface area contributed by atoms with Crippen LogP contribution in [0.3, 0.4) is 0 Å². The van der Waals surface area contributed by atoms with Crippen LogP contribution in [0.5, 0.6) is 0 Å². The molecule has 0 aromatic rings. The predicted octanol–water partition coefficient (Wildman–Crippen LogP) is 3.77. The van der Waals surface area contributed by atoms with Crippen molar-refractivity contribution in [2.75, 3.05) is 40.3 Å². The maximum absolute atomic E-state index is 13.0. The molecule has 0 bridgehead atoms. The van der Waals surface area contributed by atoms with Crippen LogP contribution in [0.2, 0.25) is 0 Å². The number of hydrogen-bond donors (Lipinski definition) is 0. The van der Waals surface area contributed by atoms with Gasteiger partial charge in [-0.15, -0.1) is 0 Å². The molecule has 124 valence electrons. The summed E-state index contributed by atoms with van der Waals surface area (Å²) in [4.78, 5) is 4.62. The molecular weight excluding hydrogens is 277 g/mol. The third-order valence-corrected chi connectivity index (χ3v) is 5.40. The van der Waals surface area contributed by atoms with E-state index in [9.17, 15) is 13.2 Å². The Morgan fingerprint density at radius 2 is 1.81 bits per heavy atom. The van der Waals surface area contributed by atoms with Crippen LogP contribution in [-0.2, 0) is 0 Å². The van der Waals surface area contributed by atoms with Crippen LogP contribution >= 0.6 is 0 Å². The quantitative estimate of drug-likeness (QED) is 0.780. The van der Waals surface area contributed by atoms with Crippen LogP contribution in [0.1, 0.15) is 44.9 Å². The SMILES string of the molecule is CN(C)CCCN1CCC2(CCCC(C(F)(F)F)C2)CC1. The third-order valence-electron chi connectivity index (χ3n) is 5.40. The van der Waals surface area contributed by atoms with Crippen molar-refractivity contribution in [3.8, 4) is 0 Å². The van der Waals surface area contributed by atoms with Gasteiger partial charge in [0.1, 0.15) is 0 Å². The lowest BCUT2D eigenvalue weighted by atomic mass is 9.64. The summed E-state index contributed by atoms with van der Waals surface area (Å²) in [5, 5.41) is 0. The van der Waals surface area contributed by atoms with Crippen molar-refractivity contribution >= 4 is 0 Å². The van der Waals surface area contributed by atoms with Crippen molar-refractivity contribution in [3.63, 3.8) is 0 Å². The summed E-state index contributed by atoms with van der Waals surface area (Å²) in [5.74, 6) is -1.05. The summed E-state index contributed by atoms with van der Waals surface area (Å²) in [5.41, 5.74) is -0.0174. The molecule has 5 heteroatoms. The second-order valence-corrected chi connectivity index (χ2v) is 7.33. The number of nitrogens with zero attached hydrogens (tertiary/aromatic N) is 2. The lowest BCUT2D eigenvalue weighted by Gasteiger charge is -2.47. The average Bonchev–Trinajstić information content (AvgIpc) is 2.40. The largest absolute Gasteiger partial charge is 0.391 e. The Labute approximate surface area is 126 Å². The Morgan fingerprint density at radius 3 is 2.38 bits per heavy atom. The molecule has 21 heavy (non-hydrogen) atoms. The summed E-state index contributed by atoms with van der Waals surface area (Å²) in [6, 6.07) is 0. The van der Waals surface area contributed by atoms with Crippen LogP contribution in [0.4, 0.5) is 13.2 Å². The van der Waals surface area contributed by atoms with Crippen molar-refractivity contribution in [2.45, 2.75) is 51.1 Å². The fourth-order valence-corrected chi connectivity index (χ4v) is 4.05. The molecule has 2 aliphatic rings. The Kier molecular flexibility index (Phi) is 5.58. The Balaban J connectivity index is 1.79. The van der Waals surface area contributed by atoms with E-state index in [2.05, 4.69) is 23.9 Å². The van der Waals surface area contributed by atoms with Crippen molar-refractivity contribution < 1.29 is 13.2 Å². The molecule has 0 amide bonds. The second-order valence-electron chi connectivity index (χ2n) is 7.33. The number of rotatable bonds is 4. The standard InChI is InChI=1S/C16H29F3N2/c1-20(2)9-4-10-21-11-7-15(8-12-21)6-3-5-14(13-15)16(17,18)19/h14H,3-13H2,1-2H3. The molecule has 0 radical (unpaired) electrons. The minimum absolute atomic E-state index is 0.0174. The fraction of sp³-hybridized carbons (Fsp3) is 1.00. The van der Waals surface area contributed by atoms with Gasteiger partial charge in [-0.05, 0) is 84.2 Å². The van der Waals surface area contributed by atoms with Gasteiger partial charge in [-0.2, -0.15) is 13.2 Å². The molecule has 0 aromatic carbocycles. The summed E-state index contributed by atoms with van der Waals surface area (Å²) in [6.07, 6.45) is 1.56. The Hall–Kier alpha value is -0.290. The fourth-order valence-electron chi connectivity index (χ4n) is 4.05. The monoisotopic (exact) mass is 306 g/mol. The van der Waals surface area contributed by atoms with E-state index >= 15 is 0 Å². The highest BCUT2D eigenvalue weighted by Gasteiger charge is 2.48. The van der Waals surface area contributed by atoms with Crippen molar-refractivity contribution in [1.82, 2.24) is 9.80 Å². The second kappa shape index (κ2) is 6.86. The number of alkyl halides is 3. The van der Waals surface area contributed by atoms with Gasteiger partial charge in [0, 0.05) is 0 Å². The van der Waals surface area contributed by atoms with Gasteiger partial charge in [0.2, 0.25) is 0 Å². The van der Waals surface area contributed by atoms with Crippen LogP contribution < -0.4 is 0 Å². The molecule has 1 heterocycles. The zero-order valence-corrected chi connectivity index (χ0v) is 13.4. The Bertz CT molecular complexity index is 320. The molecule has 1 unspecified atom stereocenters. The van der Waals surface area contributed by atoms with Gasteiger partial charge in [-0.3, -0.25) is 0 Å². The van der Waals surface area contributed by atoms with Gasteiger partial charge >= 0.3 is 6.18 Å². The zero-order chi connectivity index (χ0) is 15.5. The van der Waals surface area contributed by atoms with E-state index in [1.165, 1.54) is 0 Å². The smallest absolute Gasteiger partial charge is 0.309 e. The molecular formula is C16H29F3N2. The van der Waals surface area contributed by atoms with Crippen molar-refractivity contribution in [1.29, 1.82) is 0 Å². The normalized spacial score (nSPS) is 27.4. The highest BCUT2D eigenvalue weighted by Crippen LogP contribution is 2.50. The van der Waals surface area contributed by atoms with Crippen molar-refractivity contribution in [2.24, 2.45) is 11.3 Å². The minimum Gasteiger partial charge on any atom is -0.309 e. The molecule has 1 aliphatic heterocycles. The summed E-state index contributed by atoms with van der Waals surface area (Å²) < 4.78 is 38.9. The number of piperidine rings is 1. The third kappa shape index (κ3) is 4.85. The molecule has 1 atom stereocenters. The van der Waals surface area contributed by atoms with E-state index in [-0.39, 0.29) is 5.41 Å². The topological polar surface area (TPSA) is 6.48 Å². The molecule has 1 saturated heterocycles. The van der Waals surface area contributed by atoms with Gasteiger partial charge in [0.05, 0.1) is 5.92 Å². The molecule has 1 spiro atoms. The minimum atomic E-state index is -3.99. The maximum atomic E-state index is 13.0. The lowest BCUT2D eigenvalue weighted by Crippen LogP contribution is -2.44. The molecule has 0 N–H and O–H groups in total. The summed E-state index contributed by atoms with van der Waals surface area (Å²) in [6.45, 7) is 4.13. The van der Waals surface area contributed by atoms with E-state index in [0.29, 0.717) is 12.8 Å². The van der Waals surface area contributed by atoms with Crippen LogP contribution in [0.25, 0.3) is 0 Å². The molecule has 0 aromatic heterocycles. The highest BCUT2D eigenvalue weighted by molar-refractivity contribution is 4.92. The Morgan fingerprint density at radius 1 is 1.14 bits per heavy atom. The van der Waals surface area contributed by atoms with Gasteiger partial charge < -0.3 is 9.80 Å². The first kappa shape index (κ1) is 17.1. The number of halogens is 3.